The van der Waals surface area contributed by atoms with E-state index in [2.05, 4.69) is 20.9 Å². The standard InChI is InChI=1S/C30H38FN5O8S/c1-30(2)17-13-36(28(40)23(14-8-9-14)35-26(38)20-12-16-18(31)6-3-7-19(16)33-20)24(22(17)30)27(39)34-21(29(41)45(42,43)44)11-15-5-4-10-32-25(15)37/h3,6-7,12,14-15,17,21-24,29,33,41H,4-5,8-11,13H2,1-2H3,(H,32,37)(H,34,39)(H,35,38)(H,42,43,44)/t15-,17-,21-,22-,23-,24-,29?/m0/s1. The molecule has 4 fully saturated rings. The van der Waals surface area contributed by atoms with Crippen molar-refractivity contribution in [3.8, 4) is 0 Å². The van der Waals surface area contributed by atoms with Crippen LogP contribution in [0.4, 0.5) is 4.39 Å². The molecule has 1 unspecified atom stereocenters. The van der Waals surface area contributed by atoms with E-state index < -0.39 is 63.1 Å². The average Bonchev–Trinajstić information content (AvgIpc) is 3.76. The number of likely N-dealkylation sites (tertiary alicyclic amines) is 1. The molecule has 2 aliphatic carbocycles. The van der Waals surface area contributed by atoms with Crippen LogP contribution >= 0.6 is 0 Å². The normalized spacial score (nSPS) is 27.7. The predicted molar refractivity (Wildman–Crippen MR) is 158 cm³/mol. The van der Waals surface area contributed by atoms with E-state index in [-0.39, 0.29) is 53.1 Å². The number of H-pyrrole nitrogens is 1. The largest absolute Gasteiger partial charge is 0.374 e. The van der Waals surface area contributed by atoms with Gasteiger partial charge in [0.25, 0.3) is 16.0 Å². The lowest BCUT2D eigenvalue weighted by Gasteiger charge is -2.35. The lowest BCUT2D eigenvalue weighted by atomic mass is 9.91. The molecule has 6 rings (SSSR count). The fourth-order valence-corrected chi connectivity index (χ4v) is 7.95. The van der Waals surface area contributed by atoms with Crippen molar-refractivity contribution >= 4 is 44.6 Å². The Labute approximate surface area is 259 Å². The maximum Gasteiger partial charge on any atom is 0.294 e. The number of nitrogens with zero attached hydrogens (tertiary/aromatic N) is 1. The highest BCUT2D eigenvalue weighted by atomic mass is 32.2. The first kappa shape index (κ1) is 31.4. The maximum atomic E-state index is 14.2. The second-order valence-electron chi connectivity index (χ2n) is 13.4. The Kier molecular flexibility index (Phi) is 7.93. The molecule has 6 N–H and O–H groups in total. The molecular weight excluding hydrogens is 609 g/mol. The van der Waals surface area contributed by atoms with E-state index in [4.69, 9.17) is 0 Å². The molecule has 1 aromatic heterocycles. The summed E-state index contributed by atoms with van der Waals surface area (Å²) < 4.78 is 47.8. The molecule has 4 amide bonds. The van der Waals surface area contributed by atoms with E-state index in [1.165, 1.54) is 23.1 Å². The molecule has 2 saturated heterocycles. The van der Waals surface area contributed by atoms with Crippen LogP contribution in [-0.2, 0) is 24.5 Å². The third-order valence-electron chi connectivity index (χ3n) is 10.2. The Morgan fingerprint density at radius 2 is 1.91 bits per heavy atom. The number of aliphatic hydroxyl groups excluding tert-OH is 1. The Balaban J connectivity index is 1.22. The van der Waals surface area contributed by atoms with Crippen molar-refractivity contribution in [1.82, 2.24) is 25.8 Å². The molecule has 0 spiro atoms. The van der Waals surface area contributed by atoms with Crippen molar-refractivity contribution in [3.05, 3.63) is 35.8 Å². The number of piperidine rings is 2. The Morgan fingerprint density at radius 1 is 1.18 bits per heavy atom. The van der Waals surface area contributed by atoms with Crippen molar-refractivity contribution in [1.29, 1.82) is 0 Å². The fraction of sp³-hybridized carbons (Fsp3) is 0.600. The number of fused-ring (bicyclic) bond motifs is 2. The summed E-state index contributed by atoms with van der Waals surface area (Å²) in [7, 11) is -5.01. The molecular formula is C30H38FN5O8S. The number of rotatable bonds is 10. The van der Waals surface area contributed by atoms with Crippen molar-refractivity contribution in [3.63, 3.8) is 0 Å². The van der Waals surface area contributed by atoms with E-state index in [1.807, 2.05) is 13.8 Å². The van der Waals surface area contributed by atoms with E-state index in [0.29, 0.717) is 37.7 Å². The van der Waals surface area contributed by atoms with Crippen LogP contribution in [0.2, 0.25) is 0 Å². The van der Waals surface area contributed by atoms with Crippen LogP contribution in [0.5, 0.6) is 0 Å². The number of aromatic amines is 1. The van der Waals surface area contributed by atoms with Crippen molar-refractivity contribution in [2.75, 3.05) is 13.1 Å². The summed E-state index contributed by atoms with van der Waals surface area (Å²) in [5.41, 5.74) is -2.17. The second kappa shape index (κ2) is 11.4. The number of hydrogen-bond donors (Lipinski definition) is 6. The summed E-state index contributed by atoms with van der Waals surface area (Å²) >= 11 is 0. The van der Waals surface area contributed by atoms with E-state index in [1.54, 1.807) is 6.07 Å². The minimum absolute atomic E-state index is 0.0292. The monoisotopic (exact) mass is 647 g/mol. The highest BCUT2D eigenvalue weighted by molar-refractivity contribution is 7.86. The average molecular weight is 648 g/mol. The van der Waals surface area contributed by atoms with Gasteiger partial charge in [-0.3, -0.25) is 23.7 Å². The first-order chi connectivity index (χ1) is 21.2. The van der Waals surface area contributed by atoms with Gasteiger partial charge in [0.05, 0.1) is 6.04 Å². The summed E-state index contributed by atoms with van der Waals surface area (Å²) in [6.45, 7) is 4.63. The number of nitrogens with one attached hydrogen (secondary N) is 4. The zero-order valence-electron chi connectivity index (χ0n) is 25.0. The smallest absolute Gasteiger partial charge is 0.294 e. The summed E-state index contributed by atoms with van der Waals surface area (Å²) in [5, 5.41) is 18.8. The molecule has 45 heavy (non-hydrogen) atoms. The van der Waals surface area contributed by atoms with Crippen LogP contribution in [0.15, 0.2) is 24.3 Å². The Hall–Kier alpha value is -3.56. The molecule has 1 aromatic carbocycles. The summed E-state index contributed by atoms with van der Waals surface area (Å²) in [5.74, 6) is -3.75. The topological polar surface area (TPSA) is 198 Å². The molecule has 2 aromatic rings. The van der Waals surface area contributed by atoms with E-state index in [9.17, 15) is 41.6 Å². The molecule has 244 valence electrons. The number of aliphatic hydroxyl groups is 1. The van der Waals surface area contributed by atoms with Gasteiger partial charge in [-0.15, -0.1) is 0 Å². The quantitative estimate of drug-likeness (QED) is 0.205. The number of carbonyl (C=O) groups excluding carboxylic acids is 4. The SMILES string of the molecule is CC1(C)[C@@H]2[C@@H](C(=O)N[C@@H](C[C@@H]3CCCNC3=O)C(O)S(=O)(=O)O)N(C(=O)[C@@H](NC(=O)c3cc4c(F)cccc4[nH]3)C3CC3)C[C@@H]21. The highest BCUT2D eigenvalue weighted by Crippen LogP contribution is 2.65. The molecule has 13 nitrogen and oxygen atoms in total. The molecule has 7 atom stereocenters. The molecule has 3 heterocycles. The number of amides is 4. The number of hydrogen-bond acceptors (Lipinski definition) is 7. The van der Waals surface area contributed by atoms with Gasteiger partial charge in [-0.1, -0.05) is 19.9 Å². The molecule has 2 saturated carbocycles. The third kappa shape index (κ3) is 5.92. The zero-order valence-corrected chi connectivity index (χ0v) is 25.8. The van der Waals surface area contributed by atoms with Gasteiger partial charge in [-0.25, -0.2) is 4.39 Å². The minimum atomic E-state index is -5.01. The van der Waals surface area contributed by atoms with E-state index in [0.717, 1.165) is 0 Å². The number of carbonyl (C=O) groups is 4. The summed E-state index contributed by atoms with van der Waals surface area (Å²) in [4.78, 5) is 57.9. The second-order valence-corrected chi connectivity index (χ2v) is 15.0. The first-order valence-electron chi connectivity index (χ1n) is 15.3. The zero-order chi connectivity index (χ0) is 32.4. The van der Waals surface area contributed by atoms with Crippen LogP contribution in [0.1, 0.15) is 56.4 Å². The first-order valence-corrected chi connectivity index (χ1v) is 16.8. The van der Waals surface area contributed by atoms with Crippen LogP contribution in [0.25, 0.3) is 10.9 Å². The number of aromatic nitrogens is 1. The number of halogens is 1. The van der Waals surface area contributed by atoms with Gasteiger partial charge in [-0.2, -0.15) is 8.42 Å². The lowest BCUT2D eigenvalue weighted by Crippen LogP contribution is -2.59. The number of benzene rings is 1. The Morgan fingerprint density at radius 3 is 2.56 bits per heavy atom. The van der Waals surface area contributed by atoms with Crippen LogP contribution < -0.4 is 16.0 Å². The van der Waals surface area contributed by atoms with Gasteiger partial charge in [0.2, 0.25) is 23.2 Å². The lowest BCUT2D eigenvalue weighted by molar-refractivity contribution is -0.142. The summed E-state index contributed by atoms with van der Waals surface area (Å²) in [6.07, 6.45) is 2.18. The van der Waals surface area contributed by atoms with Crippen LogP contribution in [0, 0.1) is 34.9 Å². The molecule has 0 bridgehead atoms. The summed E-state index contributed by atoms with van der Waals surface area (Å²) in [6, 6.07) is 2.31. The van der Waals surface area contributed by atoms with Crippen molar-refractivity contribution < 1.29 is 41.6 Å². The molecule has 4 aliphatic rings. The highest BCUT2D eigenvalue weighted by Gasteiger charge is 2.70. The molecule has 2 aliphatic heterocycles. The van der Waals surface area contributed by atoms with Gasteiger partial charge >= 0.3 is 0 Å². The van der Waals surface area contributed by atoms with Gasteiger partial charge in [0.1, 0.15) is 23.6 Å². The van der Waals surface area contributed by atoms with E-state index >= 15 is 0 Å². The fourth-order valence-electron chi connectivity index (χ4n) is 7.35. The van der Waals surface area contributed by atoms with Crippen molar-refractivity contribution in [2.45, 2.75) is 69.5 Å². The maximum absolute atomic E-state index is 14.2. The van der Waals surface area contributed by atoms with Gasteiger partial charge in [0.15, 0.2) is 0 Å². The van der Waals surface area contributed by atoms with Gasteiger partial charge < -0.3 is 30.9 Å². The van der Waals surface area contributed by atoms with Crippen LogP contribution in [-0.4, -0.2) is 88.2 Å². The minimum Gasteiger partial charge on any atom is -0.374 e. The molecule has 15 heteroatoms. The molecule has 0 radical (unpaired) electrons. The van der Waals surface area contributed by atoms with Crippen molar-refractivity contribution in [2.24, 2.45) is 29.1 Å². The van der Waals surface area contributed by atoms with Crippen LogP contribution in [0.3, 0.4) is 0 Å². The van der Waals surface area contributed by atoms with Gasteiger partial charge in [0, 0.05) is 29.9 Å². The van der Waals surface area contributed by atoms with Gasteiger partial charge in [-0.05, 0) is 73.5 Å². The predicted octanol–water partition coefficient (Wildman–Crippen LogP) is 0.906. The third-order valence-corrected chi connectivity index (χ3v) is 11.1. The Bertz CT molecular complexity index is 1660.